The summed E-state index contributed by atoms with van der Waals surface area (Å²) in [4.78, 5) is 50.6. The van der Waals surface area contributed by atoms with Crippen LogP contribution in [0.25, 0.3) is 0 Å². The monoisotopic (exact) mass is 1800 g/mol. The van der Waals surface area contributed by atoms with E-state index in [0.29, 0.717) is 60.5 Å². The Labute approximate surface area is 675 Å². The van der Waals surface area contributed by atoms with Gasteiger partial charge < -0.3 is 81.1 Å². The minimum absolute atomic E-state index is 0.00273. The Bertz CT molecular complexity index is 4340. The minimum atomic E-state index is -5.39. The van der Waals surface area contributed by atoms with Crippen LogP contribution in [-0.2, 0) is 109 Å². The van der Waals surface area contributed by atoms with Crippen molar-refractivity contribution in [3.8, 4) is 11.5 Å². The highest BCUT2D eigenvalue weighted by molar-refractivity contribution is 14.1. The minimum Gasteiger partial charge on any atom is -0.508 e. The number of aryl methyl sites for hydroxylation is 3. The van der Waals surface area contributed by atoms with E-state index in [1.165, 1.54) is 12.1 Å². The van der Waals surface area contributed by atoms with Gasteiger partial charge in [-0.1, -0.05) is 45.2 Å². The third-order valence-corrected chi connectivity index (χ3v) is 29.2. The van der Waals surface area contributed by atoms with E-state index < -0.39 is 173 Å². The molecule has 20 unspecified atom stereocenters. The number of carbonyl (C=O) groups is 4. The summed E-state index contributed by atoms with van der Waals surface area (Å²) in [7, 11) is -21.4. The predicted octanol–water partition coefficient (Wildman–Crippen LogP) is 3.16. The molecule has 41 heteroatoms. The second-order valence-corrected chi connectivity index (χ2v) is 38.5. The van der Waals surface area contributed by atoms with Crippen LogP contribution < -0.4 is 21.3 Å². The largest absolute Gasteiger partial charge is 0.508 e. The van der Waals surface area contributed by atoms with Gasteiger partial charge in [0.25, 0.3) is 0 Å². The molecule has 114 heavy (non-hydrogen) atoms. The van der Waals surface area contributed by atoms with Crippen LogP contribution in [0.1, 0.15) is 133 Å². The van der Waals surface area contributed by atoms with E-state index in [4.69, 9.17) is 35.7 Å². The van der Waals surface area contributed by atoms with Crippen LogP contribution in [0.5, 0.6) is 11.5 Å². The molecule has 0 radical (unpaired) electrons. The van der Waals surface area contributed by atoms with Gasteiger partial charge in [-0.25, -0.2) is 16.7 Å². The number of halogens is 1. The number of aliphatic hydroxyl groups is 4. The summed E-state index contributed by atoms with van der Waals surface area (Å²) < 4.78 is 178. The quantitative estimate of drug-likeness (QED) is 0.0176. The molecule has 4 bridgehead atoms. The first-order valence-electron chi connectivity index (χ1n) is 38.2. The molecule has 0 aromatic heterocycles. The molecule has 8 saturated carbocycles. The van der Waals surface area contributed by atoms with Crippen LogP contribution in [0.2, 0.25) is 0 Å². The molecule has 10 aliphatic rings. The number of carboxylic acids is 2. The Kier molecular flexibility index (Phi) is 28.0. The average molecular weight is 1810 g/mol. The second kappa shape index (κ2) is 35.5. The Morgan fingerprint density at radius 2 is 0.930 bits per heavy atom. The summed E-state index contributed by atoms with van der Waals surface area (Å²) in [6.45, 7) is 13.8. The number of hydrogen-bond acceptors (Lipinski definition) is 28. The number of carboxylic acid groups (broad SMARTS) is 2. The smallest absolute Gasteiger partial charge is 0.397 e. The number of phenols is 2. The van der Waals surface area contributed by atoms with Crippen molar-refractivity contribution in [1.82, 2.24) is 21.3 Å². The van der Waals surface area contributed by atoms with Crippen molar-refractivity contribution < 1.29 is 148 Å². The number of fused-ring (bicyclic) bond motifs is 6. The van der Waals surface area contributed by atoms with Crippen LogP contribution in [0, 0.1) is 79.5 Å². The lowest BCUT2D eigenvalue weighted by atomic mass is 9.43. The van der Waals surface area contributed by atoms with Gasteiger partial charge >= 0.3 is 53.5 Å². The van der Waals surface area contributed by atoms with Gasteiger partial charge in [0, 0.05) is 62.9 Å². The van der Waals surface area contributed by atoms with Gasteiger partial charge in [0.1, 0.15) is 60.3 Å². The molecule has 16 N–H and O–H groups in total. The van der Waals surface area contributed by atoms with Gasteiger partial charge in [0.2, 0.25) is 11.8 Å². The van der Waals surface area contributed by atoms with Crippen molar-refractivity contribution in [2.75, 3.05) is 39.3 Å². The van der Waals surface area contributed by atoms with Gasteiger partial charge in [-0.15, -0.1) is 0 Å². The number of carbonyl (C=O) groups excluding carboxylic acids is 2. The zero-order chi connectivity index (χ0) is 83.3. The number of amides is 2. The number of nitrogens with one attached hydrogen (secondary N) is 4. The highest BCUT2D eigenvalue weighted by Gasteiger charge is 2.69. The first-order valence-corrected chi connectivity index (χ1v) is 44.8. The molecule has 2 saturated heterocycles. The molecule has 26 atom stereocenters. The molecule has 10 fully saturated rings. The Morgan fingerprint density at radius 3 is 1.31 bits per heavy atom. The van der Waals surface area contributed by atoms with Gasteiger partial charge in [-0.2, -0.15) is 33.7 Å². The summed E-state index contributed by atoms with van der Waals surface area (Å²) in [5.74, 6) is -4.38. The van der Waals surface area contributed by atoms with E-state index in [9.17, 15) is 112 Å². The zero-order valence-electron chi connectivity index (χ0n) is 63.1. The number of benzene rings is 2. The number of aliphatic hydroxyl groups excluding tert-OH is 4. The molecule has 2 aromatic carbocycles. The lowest BCUT2D eigenvalue weighted by molar-refractivity contribution is -0.309. The molecule has 2 spiro atoms. The number of aromatic hydroxyl groups is 2. The van der Waals surface area contributed by atoms with Crippen LogP contribution in [0.3, 0.4) is 0 Å². The van der Waals surface area contributed by atoms with Gasteiger partial charge in [-0.05, 0) is 225 Å². The predicted molar refractivity (Wildman–Crippen MR) is 406 cm³/mol. The van der Waals surface area contributed by atoms with E-state index >= 15 is 0 Å². The first-order chi connectivity index (χ1) is 53.2. The van der Waals surface area contributed by atoms with Crippen molar-refractivity contribution in [3.63, 3.8) is 0 Å². The molecule has 2 aliphatic heterocycles. The summed E-state index contributed by atoms with van der Waals surface area (Å²) >= 11 is 2.01. The van der Waals surface area contributed by atoms with E-state index in [0.717, 1.165) is 60.8 Å². The van der Waals surface area contributed by atoms with Crippen molar-refractivity contribution >= 4 is 87.9 Å². The third kappa shape index (κ3) is 20.1. The number of rotatable bonds is 30. The van der Waals surface area contributed by atoms with Crippen LogP contribution in [0.15, 0.2) is 60.7 Å². The van der Waals surface area contributed by atoms with Crippen LogP contribution >= 0.6 is 22.6 Å². The van der Waals surface area contributed by atoms with E-state index in [2.05, 4.69) is 34.4 Å². The van der Waals surface area contributed by atoms with E-state index in [-0.39, 0.29) is 124 Å². The third-order valence-electron chi connectivity index (χ3n) is 26.5. The molecule has 640 valence electrons. The fourth-order valence-electron chi connectivity index (χ4n) is 21.8. The molecule has 8 aliphatic carbocycles. The zero-order valence-corrected chi connectivity index (χ0v) is 68.5. The summed E-state index contributed by atoms with van der Waals surface area (Å²) in [6, 6.07) is 9.97. The number of hydrogen-bond donors (Lipinski definition) is 16. The molecule has 36 nitrogen and oxygen atoms in total. The topological polar surface area (TPSA) is 570 Å². The van der Waals surface area contributed by atoms with E-state index in [1.54, 1.807) is 31.2 Å². The summed E-state index contributed by atoms with van der Waals surface area (Å²) in [5, 5.41) is 97.4. The highest BCUT2D eigenvalue weighted by Crippen LogP contribution is 2.73. The Hall–Kier alpha value is -4.79. The number of ether oxygens (including phenoxy) is 4. The molecule has 2 heterocycles. The number of phenolic OH excluding ortho intramolecular Hbond substituents is 2. The average Bonchev–Trinajstić information content (AvgIpc) is 1.47. The van der Waals surface area contributed by atoms with E-state index in [1.807, 2.05) is 36.4 Å². The molecule has 2 amide bonds. The first kappa shape index (κ1) is 90.0. The van der Waals surface area contributed by atoms with Gasteiger partial charge in [0.05, 0.1) is 39.8 Å². The highest BCUT2D eigenvalue weighted by atomic mass is 127. The summed E-state index contributed by atoms with van der Waals surface area (Å²) in [6.07, 6.45) is -13.8. The fourth-order valence-corrected chi connectivity index (χ4v) is 24.6. The Morgan fingerprint density at radius 1 is 0.544 bits per heavy atom. The standard InChI is InChI=1S/C37H53IN2O16S2.C36H52N2O16S2/c1-18-12-20(13-25(38)29(18)42)4-7-28(41)40-11-10-39-17-26-31(55-57(47,48)49)32(56-58(50,51)52)30(43)35(54-26)53-22-14-23(34(45)46)24-8-9-37-15-21(19(2)33(37)44)5-6-27(37)36(24,3)16-22;1-19-21-6-9-27-35(2)17-23(15-24(33(43)44)25(35)11-12-36(27,16-21)32(19)42)51-34-29(41)31(54-56(48,49)50)30(53-55(45,46)47)26(52-34)18-37-13-14-38-28(40)10-5-20-3-7-22(39)8-4-20/h12-13,21-24,26-27,30-33,35,39,42-44H,2,4-11,14-17H2,1,3H3,(H,40,41)(H,45,46)(H,47,48,49)(H,50,51,52);3-4,7-8,21,23-27,29-32,34,37,39,41-42H,1,5-6,9-18H2,2H3,(H,38,40)(H,43,44)(H,45,46,47)(H,48,49,50)/t21?,22?,23?,24?,26-,27?,30?,31+,32?,33-,35?,36?,37?;21?,23?,24?,25?,26-,27?,29?,30+,31?,32-,34?,35?,36?/m00/s1. The maximum atomic E-state index is 12.8. The molecular weight excluding hydrogens is 1700 g/mol. The number of aliphatic carboxylic acids is 2. The van der Waals surface area contributed by atoms with Crippen molar-refractivity contribution in [3.05, 3.63) is 81.0 Å². The lowest BCUT2D eigenvalue weighted by Crippen LogP contribution is -2.64. The normalized spacial score (nSPS) is 37.9. The molecule has 2 aromatic rings. The van der Waals surface area contributed by atoms with Crippen LogP contribution in [-0.4, -0.2) is 242 Å². The van der Waals surface area contributed by atoms with Crippen molar-refractivity contribution in [2.45, 2.75) is 222 Å². The Balaban J connectivity index is 0.000000225. The molecular formula is C73H105IN4O32S4. The van der Waals surface area contributed by atoms with Crippen LogP contribution in [0.4, 0.5) is 0 Å². The van der Waals surface area contributed by atoms with Crippen molar-refractivity contribution in [1.29, 1.82) is 0 Å². The maximum absolute atomic E-state index is 12.8. The van der Waals surface area contributed by atoms with Gasteiger partial charge in [0.15, 0.2) is 12.6 Å². The fraction of sp³-hybridized carbons (Fsp3) is 0.726. The second-order valence-electron chi connectivity index (χ2n) is 33.1. The SMILES string of the molecule is C=C1C2CCC3C4(C)CC(OC5O[C@@H](CNCCNC(=O)CCc6cc(C)c(O)c(I)c6)[C@@H](OS(=O)(=O)O)C(OS(=O)(=O)O)C5O)CC(C(=O)O)C4CCC3(C2)[C@H]1O.C=C1C2CCC3C4(C)CC(OC5O[C@@H](CNCCNC(=O)CCc6ccc(O)cc6)[C@@H](OS(=O)(=O)O)C(OS(=O)(=O)O)C5O)CC(C(=O)O)C4CCC3(C2)[C@H]1O. The maximum Gasteiger partial charge on any atom is 0.397 e. The van der Waals surface area contributed by atoms with Gasteiger partial charge in [-0.3, -0.25) is 37.4 Å². The summed E-state index contributed by atoms with van der Waals surface area (Å²) in [5.41, 5.74) is 1.79. The molecule has 12 rings (SSSR count). The van der Waals surface area contributed by atoms with Crippen molar-refractivity contribution in [2.24, 2.45) is 69.0 Å². The lowest BCUT2D eigenvalue weighted by Gasteiger charge is -2.62.